The van der Waals surface area contributed by atoms with E-state index in [1.807, 2.05) is 6.07 Å². The molecule has 2 aromatic rings. The molecule has 0 amide bonds. The van der Waals surface area contributed by atoms with Gasteiger partial charge >= 0.3 is 0 Å². The van der Waals surface area contributed by atoms with Crippen LogP contribution in [0.3, 0.4) is 0 Å². The molecule has 0 aliphatic heterocycles. The van der Waals surface area contributed by atoms with Crippen molar-refractivity contribution >= 4 is 5.69 Å². The van der Waals surface area contributed by atoms with Gasteiger partial charge < -0.3 is 10.5 Å². The van der Waals surface area contributed by atoms with Gasteiger partial charge in [-0.25, -0.2) is 0 Å². The van der Waals surface area contributed by atoms with E-state index in [1.54, 1.807) is 18.2 Å². The summed E-state index contributed by atoms with van der Waals surface area (Å²) in [5.41, 5.74) is 10.4. The molecule has 0 aromatic heterocycles. The average molecular weight is 252 g/mol. The highest BCUT2D eigenvalue weighted by molar-refractivity contribution is 5.56. The number of rotatable bonds is 3. The molecule has 0 saturated carbocycles. The van der Waals surface area contributed by atoms with Gasteiger partial charge in [0, 0.05) is 0 Å². The average Bonchev–Trinajstić information content (AvgIpc) is 2.36. The second-order valence-electron chi connectivity index (χ2n) is 4.65. The van der Waals surface area contributed by atoms with Crippen molar-refractivity contribution in [1.82, 2.24) is 0 Å². The van der Waals surface area contributed by atoms with Crippen molar-refractivity contribution in [1.29, 1.82) is 5.26 Å². The normalized spacial score (nSPS) is 9.95. The van der Waals surface area contributed by atoms with Crippen molar-refractivity contribution < 1.29 is 4.74 Å². The molecule has 0 fully saturated rings. The molecular formula is C16H16N2O. The number of aryl methyl sites for hydroxylation is 2. The summed E-state index contributed by atoms with van der Waals surface area (Å²) < 4.78 is 5.70. The lowest BCUT2D eigenvalue weighted by molar-refractivity contribution is 0.308. The number of nitrogen functional groups attached to an aromatic ring is 1. The predicted molar refractivity (Wildman–Crippen MR) is 75.8 cm³/mol. The molecule has 0 saturated heterocycles. The van der Waals surface area contributed by atoms with Crippen LogP contribution in [0.1, 0.15) is 22.3 Å². The number of nitrogens with zero attached hydrogens (tertiary/aromatic N) is 1. The largest absolute Gasteiger partial charge is 0.487 e. The van der Waals surface area contributed by atoms with E-state index in [2.05, 4.69) is 32.0 Å². The summed E-state index contributed by atoms with van der Waals surface area (Å²) in [6.45, 7) is 4.60. The van der Waals surface area contributed by atoms with Gasteiger partial charge in [-0.1, -0.05) is 29.3 Å². The van der Waals surface area contributed by atoms with Crippen molar-refractivity contribution in [3.8, 4) is 11.8 Å². The standard InChI is InChI=1S/C16H16N2O/c1-11-5-12(2)7-14(6-11)10-19-16-4-3-13(9-17)8-15(16)18/h3-8H,10,18H2,1-2H3. The van der Waals surface area contributed by atoms with Crippen molar-refractivity contribution in [3.05, 3.63) is 58.7 Å². The molecule has 96 valence electrons. The smallest absolute Gasteiger partial charge is 0.142 e. The van der Waals surface area contributed by atoms with Crippen LogP contribution in [-0.2, 0) is 6.61 Å². The van der Waals surface area contributed by atoms with Crippen molar-refractivity contribution in [2.24, 2.45) is 0 Å². The van der Waals surface area contributed by atoms with Gasteiger partial charge in [0.25, 0.3) is 0 Å². The molecule has 0 heterocycles. The Morgan fingerprint density at radius 3 is 2.37 bits per heavy atom. The molecule has 0 atom stereocenters. The highest BCUT2D eigenvalue weighted by atomic mass is 16.5. The van der Waals surface area contributed by atoms with E-state index < -0.39 is 0 Å². The zero-order chi connectivity index (χ0) is 13.8. The van der Waals surface area contributed by atoms with Crippen molar-refractivity contribution in [2.75, 3.05) is 5.73 Å². The summed E-state index contributed by atoms with van der Waals surface area (Å²) in [4.78, 5) is 0. The monoisotopic (exact) mass is 252 g/mol. The van der Waals surface area contributed by atoms with E-state index in [4.69, 9.17) is 15.7 Å². The summed E-state index contributed by atoms with van der Waals surface area (Å²) in [6, 6.07) is 13.4. The van der Waals surface area contributed by atoms with Crippen LogP contribution in [0.5, 0.6) is 5.75 Å². The first-order chi connectivity index (χ1) is 9.08. The highest BCUT2D eigenvalue weighted by Crippen LogP contribution is 2.23. The third-order valence-corrected chi connectivity index (χ3v) is 2.81. The van der Waals surface area contributed by atoms with E-state index in [0.29, 0.717) is 23.6 Å². The molecule has 0 spiro atoms. The Morgan fingerprint density at radius 2 is 1.79 bits per heavy atom. The molecule has 3 nitrogen and oxygen atoms in total. The van der Waals surface area contributed by atoms with E-state index in [-0.39, 0.29) is 0 Å². The van der Waals surface area contributed by atoms with Crippen LogP contribution in [0.4, 0.5) is 5.69 Å². The number of nitriles is 1. The van der Waals surface area contributed by atoms with Gasteiger partial charge in [-0.05, 0) is 37.6 Å². The van der Waals surface area contributed by atoms with Crippen molar-refractivity contribution in [3.63, 3.8) is 0 Å². The van der Waals surface area contributed by atoms with E-state index in [9.17, 15) is 0 Å². The van der Waals surface area contributed by atoms with Gasteiger partial charge in [0.1, 0.15) is 12.4 Å². The zero-order valence-corrected chi connectivity index (χ0v) is 11.1. The Hall–Kier alpha value is -2.47. The molecule has 2 N–H and O–H groups in total. The first kappa shape index (κ1) is 13.0. The van der Waals surface area contributed by atoms with Gasteiger partial charge in [0.05, 0.1) is 17.3 Å². The Bertz CT molecular complexity index is 621. The van der Waals surface area contributed by atoms with Gasteiger partial charge in [0.15, 0.2) is 0 Å². The fourth-order valence-electron chi connectivity index (χ4n) is 2.06. The van der Waals surface area contributed by atoms with Gasteiger partial charge in [0.2, 0.25) is 0 Å². The lowest BCUT2D eigenvalue weighted by atomic mass is 10.1. The van der Waals surface area contributed by atoms with Crippen LogP contribution >= 0.6 is 0 Å². The maximum absolute atomic E-state index is 8.78. The first-order valence-electron chi connectivity index (χ1n) is 6.08. The molecule has 2 aromatic carbocycles. The number of nitrogens with two attached hydrogens (primary N) is 1. The van der Waals surface area contributed by atoms with Crippen LogP contribution in [-0.4, -0.2) is 0 Å². The fourth-order valence-corrected chi connectivity index (χ4v) is 2.06. The Labute approximate surface area is 113 Å². The van der Waals surface area contributed by atoms with E-state index in [1.165, 1.54) is 11.1 Å². The van der Waals surface area contributed by atoms with Crippen LogP contribution in [0.25, 0.3) is 0 Å². The van der Waals surface area contributed by atoms with Gasteiger partial charge in [-0.2, -0.15) is 5.26 Å². The maximum atomic E-state index is 8.78. The van der Waals surface area contributed by atoms with Crippen LogP contribution in [0.15, 0.2) is 36.4 Å². The molecular weight excluding hydrogens is 236 g/mol. The van der Waals surface area contributed by atoms with Crippen LogP contribution in [0, 0.1) is 25.2 Å². The second kappa shape index (κ2) is 5.45. The molecule has 0 bridgehead atoms. The Morgan fingerprint density at radius 1 is 1.11 bits per heavy atom. The second-order valence-corrected chi connectivity index (χ2v) is 4.65. The summed E-state index contributed by atoms with van der Waals surface area (Å²) in [6.07, 6.45) is 0. The third kappa shape index (κ3) is 3.26. The number of hydrogen-bond donors (Lipinski definition) is 1. The maximum Gasteiger partial charge on any atom is 0.142 e. The lowest BCUT2D eigenvalue weighted by Gasteiger charge is -2.10. The molecule has 0 radical (unpaired) electrons. The van der Waals surface area contributed by atoms with Gasteiger partial charge in [-0.3, -0.25) is 0 Å². The minimum absolute atomic E-state index is 0.471. The minimum atomic E-state index is 0.471. The Balaban J connectivity index is 2.12. The quantitative estimate of drug-likeness (QED) is 0.852. The number of hydrogen-bond acceptors (Lipinski definition) is 3. The van der Waals surface area contributed by atoms with Crippen LogP contribution < -0.4 is 10.5 Å². The van der Waals surface area contributed by atoms with E-state index >= 15 is 0 Å². The third-order valence-electron chi connectivity index (χ3n) is 2.81. The molecule has 0 aliphatic rings. The number of benzene rings is 2. The minimum Gasteiger partial charge on any atom is -0.487 e. The summed E-state index contributed by atoms with van der Waals surface area (Å²) in [7, 11) is 0. The lowest BCUT2D eigenvalue weighted by Crippen LogP contribution is -2.00. The summed E-state index contributed by atoms with van der Waals surface area (Å²) in [5.74, 6) is 0.609. The number of ether oxygens (including phenoxy) is 1. The summed E-state index contributed by atoms with van der Waals surface area (Å²) in [5, 5.41) is 8.78. The predicted octanol–water partition coefficient (Wildman–Crippen LogP) is 3.34. The number of anilines is 1. The molecule has 0 unspecified atom stereocenters. The highest BCUT2D eigenvalue weighted by Gasteiger charge is 2.03. The van der Waals surface area contributed by atoms with E-state index in [0.717, 1.165) is 5.56 Å². The molecule has 19 heavy (non-hydrogen) atoms. The fraction of sp³-hybridized carbons (Fsp3) is 0.188. The zero-order valence-electron chi connectivity index (χ0n) is 11.1. The Kier molecular flexibility index (Phi) is 3.72. The first-order valence-corrected chi connectivity index (χ1v) is 6.08. The topological polar surface area (TPSA) is 59.0 Å². The molecule has 3 heteroatoms. The molecule has 0 aliphatic carbocycles. The van der Waals surface area contributed by atoms with Gasteiger partial charge in [-0.15, -0.1) is 0 Å². The van der Waals surface area contributed by atoms with Crippen LogP contribution in [0.2, 0.25) is 0 Å². The SMILES string of the molecule is Cc1cc(C)cc(COc2ccc(C#N)cc2N)c1. The molecule has 2 rings (SSSR count). The van der Waals surface area contributed by atoms with Crippen molar-refractivity contribution in [2.45, 2.75) is 20.5 Å². The summed E-state index contributed by atoms with van der Waals surface area (Å²) >= 11 is 0.